The third kappa shape index (κ3) is 8.09. The van der Waals surface area contributed by atoms with E-state index in [1.807, 2.05) is 17.9 Å². The number of halogens is 4. The minimum absolute atomic E-state index is 0. The van der Waals surface area contributed by atoms with Crippen molar-refractivity contribution in [1.82, 2.24) is 10.2 Å². The molecule has 5 nitrogen and oxygen atoms in total. The Labute approximate surface area is 168 Å². The van der Waals surface area contributed by atoms with Crippen molar-refractivity contribution in [2.45, 2.75) is 38.8 Å². The molecular formula is C17H25F3IN3O2. The first-order chi connectivity index (χ1) is 11.9. The maximum Gasteiger partial charge on any atom is 0.411 e. The molecule has 1 aliphatic heterocycles. The fourth-order valence-corrected chi connectivity index (χ4v) is 2.63. The summed E-state index contributed by atoms with van der Waals surface area (Å²) >= 11 is 0. The number of ether oxygens (including phenoxy) is 1. The molecule has 1 aliphatic rings. The van der Waals surface area contributed by atoms with E-state index in [4.69, 9.17) is 0 Å². The maximum atomic E-state index is 12.1. The van der Waals surface area contributed by atoms with Gasteiger partial charge >= 0.3 is 6.18 Å². The lowest BCUT2D eigenvalue weighted by atomic mass is 10.1. The Morgan fingerprint density at radius 2 is 2.12 bits per heavy atom. The average Bonchev–Trinajstić information content (AvgIpc) is 2.97. The third-order valence-corrected chi connectivity index (χ3v) is 3.74. The number of nitrogens with one attached hydrogen (secondary N) is 1. The first-order valence-electron chi connectivity index (χ1n) is 8.31. The molecule has 1 saturated heterocycles. The summed E-state index contributed by atoms with van der Waals surface area (Å²) in [6.07, 6.45) is -3.93. The number of hydrogen-bond acceptors (Lipinski definition) is 3. The molecule has 1 aromatic rings. The molecule has 148 valence electrons. The molecule has 1 atom stereocenters. The highest BCUT2D eigenvalue weighted by atomic mass is 127. The molecule has 1 heterocycles. The Morgan fingerprint density at radius 3 is 2.73 bits per heavy atom. The van der Waals surface area contributed by atoms with Crippen molar-refractivity contribution in [2.75, 3.05) is 26.2 Å². The van der Waals surface area contributed by atoms with Crippen LogP contribution in [0.1, 0.15) is 24.5 Å². The standard InChI is InChI=1S/C17H24F3N3O2.HI/c1-2-21-16(23-7-6-15(24)10-23)22-9-13-4-3-5-14(8-13)11-25-12-17(18,19)20;/h3-5,8,15,24H,2,6-7,9-12H2,1H3,(H,21,22);1H/t15-;/m1./s1. The van der Waals surface area contributed by atoms with E-state index in [1.165, 1.54) is 0 Å². The molecular weight excluding hydrogens is 462 g/mol. The number of rotatable bonds is 6. The first-order valence-corrected chi connectivity index (χ1v) is 8.31. The van der Waals surface area contributed by atoms with E-state index in [2.05, 4.69) is 15.0 Å². The zero-order chi connectivity index (χ0) is 18.3. The third-order valence-electron chi connectivity index (χ3n) is 3.74. The van der Waals surface area contributed by atoms with Crippen molar-refractivity contribution in [2.24, 2.45) is 4.99 Å². The first kappa shape index (κ1) is 23.0. The second-order valence-electron chi connectivity index (χ2n) is 5.99. The molecule has 0 saturated carbocycles. The largest absolute Gasteiger partial charge is 0.411 e. The molecule has 26 heavy (non-hydrogen) atoms. The van der Waals surface area contributed by atoms with Crippen LogP contribution in [0, 0.1) is 0 Å². The quantitative estimate of drug-likeness (QED) is 0.368. The van der Waals surface area contributed by atoms with Crippen LogP contribution in [0.4, 0.5) is 13.2 Å². The van der Waals surface area contributed by atoms with Crippen LogP contribution < -0.4 is 5.32 Å². The lowest BCUT2D eigenvalue weighted by molar-refractivity contribution is -0.176. The highest BCUT2D eigenvalue weighted by Crippen LogP contribution is 2.16. The van der Waals surface area contributed by atoms with Crippen molar-refractivity contribution in [3.63, 3.8) is 0 Å². The van der Waals surface area contributed by atoms with Gasteiger partial charge in [0.1, 0.15) is 6.61 Å². The Bertz CT molecular complexity index is 585. The Hall–Kier alpha value is -1.07. The maximum absolute atomic E-state index is 12.1. The van der Waals surface area contributed by atoms with Crippen LogP contribution in [0.15, 0.2) is 29.3 Å². The van der Waals surface area contributed by atoms with E-state index in [0.717, 1.165) is 31.0 Å². The molecule has 0 radical (unpaired) electrons. The monoisotopic (exact) mass is 487 g/mol. The smallest absolute Gasteiger partial charge is 0.391 e. The predicted molar refractivity (Wildman–Crippen MR) is 105 cm³/mol. The van der Waals surface area contributed by atoms with Crippen LogP contribution in [0.25, 0.3) is 0 Å². The average molecular weight is 487 g/mol. The molecule has 2 N–H and O–H groups in total. The van der Waals surface area contributed by atoms with E-state index < -0.39 is 12.8 Å². The molecule has 0 unspecified atom stereocenters. The summed E-state index contributed by atoms with van der Waals surface area (Å²) in [5.41, 5.74) is 1.57. The van der Waals surface area contributed by atoms with Crippen LogP contribution in [-0.2, 0) is 17.9 Å². The molecule has 0 amide bonds. The number of likely N-dealkylation sites (tertiary alicyclic amines) is 1. The predicted octanol–water partition coefficient (Wildman–Crippen LogP) is 2.92. The van der Waals surface area contributed by atoms with Crippen molar-refractivity contribution in [3.8, 4) is 0 Å². The SMILES string of the molecule is CCNC(=NCc1cccc(COCC(F)(F)F)c1)N1CC[C@@H](O)C1.I. The van der Waals surface area contributed by atoms with E-state index in [-0.39, 0.29) is 36.7 Å². The van der Waals surface area contributed by atoms with Crippen LogP contribution in [0.3, 0.4) is 0 Å². The molecule has 0 aliphatic carbocycles. The van der Waals surface area contributed by atoms with Crippen molar-refractivity contribution in [1.29, 1.82) is 0 Å². The number of benzene rings is 1. The highest BCUT2D eigenvalue weighted by Gasteiger charge is 2.27. The summed E-state index contributed by atoms with van der Waals surface area (Å²) in [4.78, 5) is 6.56. The van der Waals surface area contributed by atoms with Gasteiger partial charge in [0.05, 0.1) is 19.3 Å². The lowest BCUT2D eigenvalue weighted by Gasteiger charge is -2.21. The van der Waals surface area contributed by atoms with Crippen LogP contribution in [0.5, 0.6) is 0 Å². The fraction of sp³-hybridized carbons (Fsp3) is 0.588. The summed E-state index contributed by atoms with van der Waals surface area (Å²) in [6.45, 7) is 3.06. The molecule has 0 aromatic heterocycles. The van der Waals surface area contributed by atoms with Crippen molar-refractivity contribution < 1.29 is 23.0 Å². The number of guanidine groups is 1. The number of nitrogens with zero attached hydrogens (tertiary/aromatic N) is 2. The minimum Gasteiger partial charge on any atom is -0.391 e. The zero-order valence-electron chi connectivity index (χ0n) is 14.6. The number of aliphatic hydroxyl groups excluding tert-OH is 1. The zero-order valence-corrected chi connectivity index (χ0v) is 17.0. The molecule has 0 spiro atoms. The van der Waals surface area contributed by atoms with Gasteiger partial charge in [0.25, 0.3) is 0 Å². The second kappa shape index (κ2) is 10.9. The second-order valence-corrected chi connectivity index (χ2v) is 5.99. The van der Waals surface area contributed by atoms with Gasteiger partial charge in [-0.3, -0.25) is 0 Å². The van der Waals surface area contributed by atoms with Gasteiger partial charge < -0.3 is 20.1 Å². The van der Waals surface area contributed by atoms with E-state index >= 15 is 0 Å². The highest BCUT2D eigenvalue weighted by molar-refractivity contribution is 14.0. The lowest BCUT2D eigenvalue weighted by Crippen LogP contribution is -2.40. The summed E-state index contributed by atoms with van der Waals surface area (Å²) in [5, 5.41) is 12.9. The van der Waals surface area contributed by atoms with Gasteiger partial charge in [-0.05, 0) is 24.5 Å². The van der Waals surface area contributed by atoms with Gasteiger partial charge in [-0.15, -0.1) is 24.0 Å². The van der Waals surface area contributed by atoms with Crippen molar-refractivity contribution in [3.05, 3.63) is 35.4 Å². The Kier molecular flexibility index (Phi) is 9.66. The van der Waals surface area contributed by atoms with E-state index in [9.17, 15) is 18.3 Å². The van der Waals surface area contributed by atoms with Crippen LogP contribution in [0.2, 0.25) is 0 Å². The molecule has 2 rings (SSSR count). The normalized spacial score (nSPS) is 18.0. The van der Waals surface area contributed by atoms with Gasteiger partial charge in [0.15, 0.2) is 5.96 Å². The van der Waals surface area contributed by atoms with E-state index in [1.54, 1.807) is 18.2 Å². The fourth-order valence-electron chi connectivity index (χ4n) is 2.63. The summed E-state index contributed by atoms with van der Waals surface area (Å²) < 4.78 is 41.1. The Balaban J connectivity index is 0.00000338. The number of alkyl halides is 3. The Morgan fingerprint density at radius 1 is 1.38 bits per heavy atom. The molecule has 0 bridgehead atoms. The van der Waals surface area contributed by atoms with Gasteiger partial charge in [-0.25, -0.2) is 4.99 Å². The van der Waals surface area contributed by atoms with Gasteiger partial charge in [-0.2, -0.15) is 13.2 Å². The van der Waals surface area contributed by atoms with Crippen LogP contribution >= 0.6 is 24.0 Å². The van der Waals surface area contributed by atoms with Gasteiger partial charge in [0.2, 0.25) is 0 Å². The van der Waals surface area contributed by atoms with Gasteiger partial charge in [0, 0.05) is 19.6 Å². The number of aliphatic imine (C=N–C) groups is 1. The van der Waals surface area contributed by atoms with Gasteiger partial charge in [-0.1, -0.05) is 24.3 Å². The summed E-state index contributed by atoms with van der Waals surface area (Å²) in [7, 11) is 0. The minimum atomic E-state index is -4.32. The number of aliphatic hydroxyl groups is 1. The topological polar surface area (TPSA) is 57.1 Å². The molecule has 9 heteroatoms. The van der Waals surface area contributed by atoms with Crippen LogP contribution in [-0.4, -0.2) is 54.5 Å². The summed E-state index contributed by atoms with van der Waals surface area (Å²) in [5.74, 6) is 0.734. The van der Waals surface area contributed by atoms with Crippen molar-refractivity contribution >= 4 is 29.9 Å². The molecule has 1 fully saturated rings. The summed E-state index contributed by atoms with van der Waals surface area (Å²) in [6, 6.07) is 7.18. The number of β-amino-alcohol motifs (C(OH)–C–C–N with tert-alkyl or cyclic N) is 1. The number of hydrogen-bond donors (Lipinski definition) is 2. The molecule has 1 aromatic carbocycles. The van der Waals surface area contributed by atoms with E-state index in [0.29, 0.717) is 18.7 Å².